The van der Waals surface area contributed by atoms with E-state index in [1.54, 1.807) is 23.9 Å². The van der Waals surface area contributed by atoms with Crippen molar-refractivity contribution in [2.45, 2.75) is 17.3 Å². The number of ether oxygens (including phenoxy) is 1. The summed E-state index contributed by atoms with van der Waals surface area (Å²) < 4.78 is 20.0. The summed E-state index contributed by atoms with van der Waals surface area (Å²) in [4.78, 5) is 0. The van der Waals surface area contributed by atoms with Gasteiger partial charge in [-0.15, -0.1) is 5.10 Å². The quantitative estimate of drug-likeness (QED) is 0.668. The Kier molecular flexibility index (Phi) is 4.57. The molecule has 0 N–H and O–H groups in total. The van der Waals surface area contributed by atoms with Crippen LogP contribution in [0.3, 0.4) is 0 Å². The molecule has 0 spiro atoms. The maximum Gasteiger partial charge on any atom is 0.214 e. The van der Waals surface area contributed by atoms with Gasteiger partial charge >= 0.3 is 0 Å². The Morgan fingerprint density at radius 3 is 2.61 bits per heavy atom. The number of nitrogens with zero attached hydrogens (tertiary/aromatic N) is 4. The van der Waals surface area contributed by atoms with Gasteiger partial charge in [0.1, 0.15) is 17.3 Å². The second kappa shape index (κ2) is 6.78. The highest BCUT2D eigenvalue weighted by Gasteiger charge is 2.16. The smallest absolute Gasteiger partial charge is 0.214 e. The van der Waals surface area contributed by atoms with E-state index in [0.29, 0.717) is 10.9 Å². The molecule has 3 rings (SSSR count). The zero-order chi connectivity index (χ0) is 16.2. The fourth-order valence-electron chi connectivity index (χ4n) is 2.17. The second-order valence-corrected chi connectivity index (χ2v) is 6.16. The first-order chi connectivity index (χ1) is 11.2. The van der Waals surface area contributed by atoms with Crippen LogP contribution >= 0.6 is 11.8 Å². The fourth-order valence-corrected chi connectivity index (χ4v) is 3.10. The van der Waals surface area contributed by atoms with Crippen LogP contribution in [0.5, 0.6) is 5.75 Å². The lowest BCUT2D eigenvalue weighted by atomic mass is 10.2. The summed E-state index contributed by atoms with van der Waals surface area (Å²) in [6.45, 7) is 2.03. The molecule has 118 valence electrons. The first-order valence-corrected chi connectivity index (χ1v) is 7.91. The third-order valence-corrected chi connectivity index (χ3v) is 4.47. The Labute approximate surface area is 137 Å². The summed E-state index contributed by atoms with van der Waals surface area (Å²) in [7, 11) is 1.61. The fraction of sp³-hybridized carbons (Fsp3) is 0.188. The molecule has 1 unspecified atom stereocenters. The van der Waals surface area contributed by atoms with Crippen molar-refractivity contribution >= 4 is 11.8 Å². The van der Waals surface area contributed by atoms with Crippen LogP contribution in [0.25, 0.3) is 5.69 Å². The molecule has 0 radical (unpaired) electrons. The van der Waals surface area contributed by atoms with E-state index in [0.717, 1.165) is 11.3 Å². The Hall–Kier alpha value is -2.41. The van der Waals surface area contributed by atoms with Crippen molar-refractivity contribution in [2.24, 2.45) is 0 Å². The molecular formula is C16H15FN4OS. The van der Waals surface area contributed by atoms with Crippen LogP contribution in [0.2, 0.25) is 0 Å². The Bertz CT molecular complexity index is 791. The molecule has 0 saturated heterocycles. The van der Waals surface area contributed by atoms with Crippen LogP contribution in [-0.2, 0) is 0 Å². The van der Waals surface area contributed by atoms with E-state index in [2.05, 4.69) is 15.5 Å². The number of benzene rings is 2. The van der Waals surface area contributed by atoms with Gasteiger partial charge in [-0.25, -0.2) is 4.39 Å². The Morgan fingerprint density at radius 1 is 1.13 bits per heavy atom. The average molecular weight is 330 g/mol. The van der Waals surface area contributed by atoms with E-state index in [-0.39, 0.29) is 11.1 Å². The number of aromatic nitrogens is 4. The molecule has 2 aromatic carbocycles. The minimum atomic E-state index is -0.246. The number of hydrogen-bond acceptors (Lipinski definition) is 5. The second-order valence-electron chi connectivity index (χ2n) is 4.86. The standard InChI is InChI=1S/C16H15FN4OS/c1-11(12-7-9-13(17)10-8-12)23-16-18-19-20-21(16)14-5-3-4-6-15(14)22-2/h3-11H,1-2H3. The van der Waals surface area contributed by atoms with E-state index >= 15 is 0 Å². The highest BCUT2D eigenvalue weighted by atomic mass is 32.2. The van der Waals surface area contributed by atoms with Crippen LogP contribution in [0.1, 0.15) is 17.7 Å². The average Bonchev–Trinajstić information content (AvgIpc) is 3.03. The maximum absolute atomic E-state index is 13.0. The molecule has 0 aliphatic heterocycles. The van der Waals surface area contributed by atoms with Crippen molar-refractivity contribution in [3.8, 4) is 11.4 Å². The molecule has 0 bridgehead atoms. The molecule has 0 saturated carbocycles. The van der Waals surface area contributed by atoms with E-state index in [1.807, 2.05) is 31.2 Å². The number of halogens is 1. The van der Waals surface area contributed by atoms with Crippen molar-refractivity contribution in [3.63, 3.8) is 0 Å². The van der Waals surface area contributed by atoms with Crippen molar-refractivity contribution in [2.75, 3.05) is 7.11 Å². The SMILES string of the molecule is COc1ccccc1-n1nnnc1SC(C)c1ccc(F)cc1. The summed E-state index contributed by atoms with van der Waals surface area (Å²) in [5.41, 5.74) is 1.78. The lowest BCUT2D eigenvalue weighted by Gasteiger charge is -2.12. The Balaban J connectivity index is 1.88. The van der Waals surface area contributed by atoms with Crippen LogP contribution < -0.4 is 4.74 Å². The molecule has 1 atom stereocenters. The van der Waals surface area contributed by atoms with Crippen molar-refractivity contribution in [1.82, 2.24) is 20.2 Å². The van der Waals surface area contributed by atoms with Crippen molar-refractivity contribution in [1.29, 1.82) is 0 Å². The van der Waals surface area contributed by atoms with E-state index in [4.69, 9.17) is 4.74 Å². The molecule has 3 aromatic rings. The highest BCUT2D eigenvalue weighted by molar-refractivity contribution is 7.99. The molecule has 1 aromatic heterocycles. The van der Waals surface area contributed by atoms with Gasteiger partial charge in [-0.2, -0.15) is 4.68 Å². The molecule has 0 amide bonds. The molecule has 1 heterocycles. The van der Waals surface area contributed by atoms with Crippen LogP contribution in [0, 0.1) is 5.82 Å². The van der Waals surface area contributed by atoms with E-state index in [1.165, 1.54) is 23.9 Å². The summed E-state index contributed by atoms with van der Waals surface area (Å²) in [6.07, 6.45) is 0. The molecule has 0 aliphatic rings. The lowest BCUT2D eigenvalue weighted by molar-refractivity contribution is 0.410. The zero-order valence-corrected chi connectivity index (χ0v) is 13.5. The normalized spacial score (nSPS) is 12.1. The summed E-state index contributed by atoms with van der Waals surface area (Å²) in [5.74, 6) is 0.445. The largest absolute Gasteiger partial charge is 0.494 e. The van der Waals surface area contributed by atoms with E-state index in [9.17, 15) is 4.39 Å². The first kappa shape index (κ1) is 15.5. The van der Waals surface area contributed by atoms with Gasteiger partial charge in [0.25, 0.3) is 0 Å². The topological polar surface area (TPSA) is 52.8 Å². The number of methoxy groups -OCH3 is 1. The Morgan fingerprint density at radius 2 is 1.87 bits per heavy atom. The number of hydrogen-bond donors (Lipinski definition) is 0. The van der Waals surface area contributed by atoms with Gasteiger partial charge in [-0.3, -0.25) is 0 Å². The van der Waals surface area contributed by atoms with Crippen molar-refractivity contribution in [3.05, 3.63) is 59.9 Å². The van der Waals surface area contributed by atoms with Gasteiger partial charge in [0.2, 0.25) is 5.16 Å². The molecule has 0 fully saturated rings. The monoisotopic (exact) mass is 330 g/mol. The molecule has 7 heteroatoms. The number of rotatable bonds is 5. The van der Waals surface area contributed by atoms with Gasteiger partial charge in [-0.05, 0) is 47.2 Å². The number of thioether (sulfide) groups is 1. The van der Waals surface area contributed by atoms with Gasteiger partial charge in [-0.1, -0.05) is 36.0 Å². The van der Waals surface area contributed by atoms with Crippen LogP contribution in [0.4, 0.5) is 4.39 Å². The zero-order valence-electron chi connectivity index (χ0n) is 12.7. The molecule has 5 nitrogen and oxygen atoms in total. The molecular weight excluding hydrogens is 315 g/mol. The third kappa shape index (κ3) is 3.34. The maximum atomic E-state index is 13.0. The number of para-hydroxylation sites is 2. The minimum Gasteiger partial charge on any atom is -0.494 e. The van der Waals surface area contributed by atoms with Gasteiger partial charge < -0.3 is 4.74 Å². The first-order valence-electron chi connectivity index (χ1n) is 7.03. The minimum absolute atomic E-state index is 0.0788. The van der Waals surface area contributed by atoms with Crippen LogP contribution in [0.15, 0.2) is 53.7 Å². The summed E-state index contributed by atoms with van der Waals surface area (Å²) in [5, 5.41) is 12.6. The van der Waals surface area contributed by atoms with Gasteiger partial charge in [0.05, 0.1) is 7.11 Å². The van der Waals surface area contributed by atoms with Gasteiger partial charge in [0.15, 0.2) is 0 Å². The molecule has 0 aliphatic carbocycles. The number of tetrazole rings is 1. The van der Waals surface area contributed by atoms with Crippen LogP contribution in [-0.4, -0.2) is 27.3 Å². The summed E-state index contributed by atoms with van der Waals surface area (Å²) >= 11 is 1.50. The predicted octanol–water partition coefficient (Wildman–Crippen LogP) is 3.66. The van der Waals surface area contributed by atoms with Gasteiger partial charge in [0, 0.05) is 5.25 Å². The summed E-state index contributed by atoms with van der Waals surface area (Å²) in [6, 6.07) is 14.0. The molecule has 23 heavy (non-hydrogen) atoms. The lowest BCUT2D eigenvalue weighted by Crippen LogP contribution is -2.02. The predicted molar refractivity (Wildman–Crippen MR) is 86.4 cm³/mol. The third-order valence-electron chi connectivity index (χ3n) is 3.38. The highest BCUT2D eigenvalue weighted by Crippen LogP contribution is 2.35. The van der Waals surface area contributed by atoms with Crippen molar-refractivity contribution < 1.29 is 9.13 Å². The van der Waals surface area contributed by atoms with E-state index < -0.39 is 0 Å².